The molecule has 1 aliphatic carbocycles. The molecule has 4 heteroatoms. The maximum Gasteiger partial charge on any atom is 0.330 e. The number of aryl methyl sites for hydroxylation is 2. The average molecular weight is 597 g/mol. The SMILES string of the molecule is C=C/C=C(\C=C/C(C)c1ccc(NC2=CC=C(C)CC=C2)cc1)N(c1ccc(C)cc1)c1ccc(CCCOC(=O)C=C)cc1. The van der Waals surface area contributed by atoms with E-state index in [4.69, 9.17) is 4.74 Å². The number of esters is 1. The zero-order chi connectivity index (χ0) is 32.0. The molecular weight excluding hydrogens is 552 g/mol. The maximum absolute atomic E-state index is 11.3. The molecule has 0 fully saturated rings. The Labute approximate surface area is 269 Å². The lowest BCUT2D eigenvalue weighted by Gasteiger charge is -2.27. The summed E-state index contributed by atoms with van der Waals surface area (Å²) in [6.07, 6.45) is 20.7. The van der Waals surface area contributed by atoms with E-state index in [9.17, 15) is 4.79 Å². The van der Waals surface area contributed by atoms with Gasteiger partial charge in [0, 0.05) is 34.5 Å². The molecule has 3 aromatic rings. The van der Waals surface area contributed by atoms with Gasteiger partial charge in [-0.25, -0.2) is 4.79 Å². The summed E-state index contributed by atoms with van der Waals surface area (Å²) in [5.41, 5.74) is 10.3. The van der Waals surface area contributed by atoms with E-state index in [0.29, 0.717) is 6.61 Å². The monoisotopic (exact) mass is 596 g/mol. The predicted molar refractivity (Wildman–Crippen MR) is 191 cm³/mol. The van der Waals surface area contributed by atoms with Gasteiger partial charge in [-0.05, 0) is 111 Å². The number of nitrogens with zero attached hydrogens (tertiary/aromatic N) is 1. The summed E-state index contributed by atoms with van der Waals surface area (Å²) >= 11 is 0. The van der Waals surface area contributed by atoms with Gasteiger partial charge < -0.3 is 15.0 Å². The number of nitrogens with one attached hydrogen (secondary N) is 1. The highest BCUT2D eigenvalue weighted by atomic mass is 16.5. The highest BCUT2D eigenvalue weighted by molar-refractivity contribution is 5.81. The minimum absolute atomic E-state index is 0.201. The van der Waals surface area contributed by atoms with Crippen LogP contribution in [-0.2, 0) is 16.0 Å². The number of rotatable bonds is 14. The van der Waals surface area contributed by atoms with Gasteiger partial charge in [-0.2, -0.15) is 0 Å². The van der Waals surface area contributed by atoms with Gasteiger partial charge in [0.05, 0.1) is 6.61 Å². The summed E-state index contributed by atoms with van der Waals surface area (Å²) in [5.74, 6) is -0.183. The molecule has 0 saturated carbocycles. The van der Waals surface area contributed by atoms with Crippen LogP contribution in [0.3, 0.4) is 0 Å². The Hall–Kier alpha value is -5.09. The maximum atomic E-state index is 11.3. The zero-order valence-corrected chi connectivity index (χ0v) is 26.7. The van der Waals surface area contributed by atoms with E-state index in [1.54, 1.807) is 0 Å². The minimum atomic E-state index is -0.384. The lowest BCUT2D eigenvalue weighted by Crippen LogP contribution is -2.15. The zero-order valence-electron chi connectivity index (χ0n) is 26.7. The number of carbonyl (C=O) groups excluding carboxylic acids is 1. The molecule has 230 valence electrons. The number of benzene rings is 3. The first kappa shape index (κ1) is 32.8. The molecule has 1 N–H and O–H groups in total. The van der Waals surface area contributed by atoms with Gasteiger partial charge in [0.2, 0.25) is 0 Å². The van der Waals surface area contributed by atoms with Crippen molar-refractivity contribution < 1.29 is 9.53 Å². The van der Waals surface area contributed by atoms with E-state index < -0.39 is 0 Å². The Kier molecular flexibility index (Phi) is 12.2. The molecule has 1 atom stereocenters. The van der Waals surface area contributed by atoms with Crippen LogP contribution < -0.4 is 10.2 Å². The summed E-state index contributed by atoms with van der Waals surface area (Å²) in [7, 11) is 0. The molecule has 0 amide bonds. The highest BCUT2D eigenvalue weighted by Gasteiger charge is 2.14. The first-order valence-electron chi connectivity index (χ1n) is 15.5. The van der Waals surface area contributed by atoms with Gasteiger partial charge in [-0.1, -0.05) is 91.9 Å². The molecule has 1 unspecified atom stereocenters. The van der Waals surface area contributed by atoms with Crippen molar-refractivity contribution in [1.82, 2.24) is 0 Å². The first-order valence-corrected chi connectivity index (χ1v) is 15.5. The quantitative estimate of drug-likeness (QED) is 0.0870. The van der Waals surface area contributed by atoms with Crippen LogP contribution in [0.25, 0.3) is 0 Å². The normalized spacial score (nSPS) is 13.8. The van der Waals surface area contributed by atoms with Crippen molar-refractivity contribution in [2.24, 2.45) is 0 Å². The molecule has 45 heavy (non-hydrogen) atoms. The van der Waals surface area contributed by atoms with Crippen molar-refractivity contribution in [1.29, 1.82) is 0 Å². The second-order valence-corrected chi connectivity index (χ2v) is 11.3. The molecule has 0 saturated heterocycles. The largest absolute Gasteiger partial charge is 0.463 e. The number of ether oxygens (including phenoxy) is 1. The van der Waals surface area contributed by atoms with Crippen molar-refractivity contribution in [2.45, 2.75) is 46.0 Å². The fraction of sp³-hybridized carbons (Fsp3) is 0.195. The predicted octanol–water partition coefficient (Wildman–Crippen LogP) is 10.4. The fourth-order valence-corrected chi connectivity index (χ4v) is 4.99. The van der Waals surface area contributed by atoms with Crippen LogP contribution >= 0.6 is 0 Å². The lowest BCUT2D eigenvalue weighted by atomic mass is 9.99. The van der Waals surface area contributed by atoms with Gasteiger partial charge in [0.1, 0.15) is 0 Å². The lowest BCUT2D eigenvalue weighted by molar-refractivity contribution is -0.137. The smallest absolute Gasteiger partial charge is 0.330 e. The molecule has 4 nitrogen and oxygen atoms in total. The Balaban J connectivity index is 1.51. The minimum Gasteiger partial charge on any atom is -0.463 e. The van der Waals surface area contributed by atoms with E-state index in [1.807, 2.05) is 12.2 Å². The topological polar surface area (TPSA) is 41.6 Å². The van der Waals surface area contributed by atoms with Gasteiger partial charge in [0.25, 0.3) is 0 Å². The molecule has 3 aromatic carbocycles. The van der Waals surface area contributed by atoms with E-state index in [0.717, 1.165) is 47.7 Å². The third-order valence-electron chi connectivity index (χ3n) is 7.62. The first-order chi connectivity index (χ1) is 21.9. The molecule has 0 radical (unpaired) electrons. The average Bonchev–Trinajstić information content (AvgIpc) is 3.27. The number of hydrogen-bond acceptors (Lipinski definition) is 4. The number of hydrogen-bond donors (Lipinski definition) is 1. The van der Waals surface area contributed by atoms with E-state index in [-0.39, 0.29) is 11.9 Å². The van der Waals surface area contributed by atoms with E-state index >= 15 is 0 Å². The van der Waals surface area contributed by atoms with Crippen molar-refractivity contribution in [3.05, 3.63) is 174 Å². The van der Waals surface area contributed by atoms with E-state index in [1.165, 1.54) is 28.3 Å². The van der Waals surface area contributed by atoms with Crippen LogP contribution in [0.15, 0.2) is 158 Å². The summed E-state index contributed by atoms with van der Waals surface area (Å²) in [5, 5.41) is 3.52. The summed E-state index contributed by atoms with van der Waals surface area (Å²) in [6, 6.07) is 25.8. The second-order valence-electron chi connectivity index (χ2n) is 11.3. The summed E-state index contributed by atoms with van der Waals surface area (Å²) in [4.78, 5) is 13.6. The van der Waals surface area contributed by atoms with Crippen LogP contribution in [0.1, 0.15) is 49.3 Å². The standard InChI is InChI=1S/C41H44N2O2/c1-6-10-38(27-17-33(5)35-20-23-37(24-21-35)42-36-13-8-11-31(3)14-22-36)43(39-25-15-32(4)16-26-39)40-28-18-34(19-29-40)12-9-30-45-41(44)7-2/h6-8,10,13-29,33,42H,1-2,9,11-12,30H2,3-5H3/b27-17-,38-10+. The molecular formula is C41H44N2O2. The Morgan fingerprint density at radius 2 is 1.64 bits per heavy atom. The molecule has 0 aromatic heterocycles. The van der Waals surface area contributed by atoms with Gasteiger partial charge in [-0.15, -0.1) is 0 Å². The van der Waals surface area contributed by atoms with Crippen LogP contribution in [0.2, 0.25) is 0 Å². The second kappa shape index (κ2) is 16.7. The molecule has 4 rings (SSSR count). The van der Waals surface area contributed by atoms with Crippen LogP contribution in [0, 0.1) is 6.92 Å². The number of anilines is 3. The third kappa shape index (κ3) is 9.97. The molecule has 0 spiro atoms. The molecule has 0 aliphatic heterocycles. The van der Waals surface area contributed by atoms with Crippen molar-refractivity contribution in [3.63, 3.8) is 0 Å². The third-order valence-corrected chi connectivity index (χ3v) is 7.62. The summed E-state index contributed by atoms with van der Waals surface area (Å²) in [6.45, 7) is 14.3. The van der Waals surface area contributed by atoms with Gasteiger partial charge in [0.15, 0.2) is 0 Å². The highest BCUT2D eigenvalue weighted by Crippen LogP contribution is 2.32. The molecule has 1 aliphatic rings. The van der Waals surface area contributed by atoms with E-state index in [2.05, 4.69) is 153 Å². The number of carbonyl (C=O) groups is 1. The van der Waals surface area contributed by atoms with Crippen LogP contribution in [0.5, 0.6) is 0 Å². The Bertz CT molecular complexity index is 1600. The molecule has 0 bridgehead atoms. The van der Waals surface area contributed by atoms with Gasteiger partial charge >= 0.3 is 5.97 Å². The Morgan fingerprint density at radius 1 is 0.956 bits per heavy atom. The van der Waals surface area contributed by atoms with Crippen molar-refractivity contribution in [2.75, 3.05) is 16.8 Å². The van der Waals surface area contributed by atoms with Crippen molar-refractivity contribution in [3.8, 4) is 0 Å². The molecule has 0 heterocycles. The Morgan fingerprint density at radius 3 is 2.31 bits per heavy atom. The van der Waals surface area contributed by atoms with Crippen LogP contribution in [0.4, 0.5) is 17.1 Å². The summed E-state index contributed by atoms with van der Waals surface area (Å²) < 4.78 is 5.12. The van der Waals surface area contributed by atoms with Crippen molar-refractivity contribution >= 4 is 23.0 Å². The van der Waals surface area contributed by atoms with Crippen LogP contribution in [-0.4, -0.2) is 12.6 Å². The fourth-order valence-electron chi connectivity index (χ4n) is 4.99. The number of allylic oxidation sites excluding steroid dienone is 9. The van der Waals surface area contributed by atoms with Gasteiger partial charge in [-0.3, -0.25) is 0 Å².